The summed E-state index contributed by atoms with van der Waals surface area (Å²) >= 11 is 0. The van der Waals surface area contributed by atoms with Gasteiger partial charge in [-0.3, -0.25) is 0 Å². The first-order chi connectivity index (χ1) is 8.27. The van der Waals surface area contributed by atoms with Crippen LogP contribution in [-0.4, -0.2) is 24.9 Å². The molecule has 4 nitrogen and oxygen atoms in total. The smallest absolute Gasteiger partial charge is 0.404 e. The van der Waals surface area contributed by atoms with Crippen molar-refractivity contribution in [1.29, 1.82) is 0 Å². The van der Waals surface area contributed by atoms with Gasteiger partial charge >= 0.3 is 6.09 Å². The molecule has 0 aliphatic heterocycles. The summed E-state index contributed by atoms with van der Waals surface area (Å²) in [5.74, 6) is 0.810. The zero-order valence-electron chi connectivity index (χ0n) is 11.6. The second-order valence-electron chi connectivity index (χ2n) is 5.20. The van der Waals surface area contributed by atoms with Gasteiger partial charge < -0.3 is 15.2 Å². The molecular formula is C14H21NO3. The lowest BCUT2D eigenvalue weighted by atomic mass is 9.80. The Balaban J connectivity index is 3.17. The van der Waals surface area contributed by atoms with Crippen LogP contribution in [-0.2, 0) is 5.41 Å². The van der Waals surface area contributed by atoms with E-state index in [4.69, 9.17) is 9.84 Å². The number of hydrogen-bond acceptors (Lipinski definition) is 2. The number of ether oxygens (including phenoxy) is 1. The first-order valence-corrected chi connectivity index (χ1v) is 5.90. The van der Waals surface area contributed by atoms with Gasteiger partial charge in [-0.15, -0.1) is 0 Å². The standard InChI is InChI=1S/C14H21NO3/c1-9-6-10(2)12(11(7-9)18-5)14(3,4)8-15-13(16)17/h6-7,15H,8H2,1-5H3,(H,16,17). The van der Waals surface area contributed by atoms with E-state index in [0.29, 0.717) is 6.54 Å². The normalized spacial score (nSPS) is 11.2. The highest BCUT2D eigenvalue weighted by Crippen LogP contribution is 2.35. The number of hydrogen-bond donors (Lipinski definition) is 2. The van der Waals surface area contributed by atoms with Crippen molar-refractivity contribution in [2.75, 3.05) is 13.7 Å². The van der Waals surface area contributed by atoms with Crippen LogP contribution in [0.25, 0.3) is 0 Å². The molecule has 0 fully saturated rings. The molecule has 0 aliphatic rings. The van der Waals surface area contributed by atoms with Gasteiger partial charge in [0.15, 0.2) is 0 Å². The highest BCUT2D eigenvalue weighted by molar-refractivity contribution is 5.64. The fourth-order valence-electron chi connectivity index (χ4n) is 2.34. The Morgan fingerprint density at radius 3 is 2.50 bits per heavy atom. The Morgan fingerprint density at radius 1 is 1.39 bits per heavy atom. The monoisotopic (exact) mass is 251 g/mol. The van der Waals surface area contributed by atoms with Crippen LogP contribution in [0.5, 0.6) is 5.75 Å². The summed E-state index contributed by atoms with van der Waals surface area (Å²) in [6, 6.07) is 4.06. The largest absolute Gasteiger partial charge is 0.496 e. The summed E-state index contributed by atoms with van der Waals surface area (Å²) in [5, 5.41) is 11.2. The van der Waals surface area contributed by atoms with Gasteiger partial charge in [-0.25, -0.2) is 4.79 Å². The Labute approximate surface area is 108 Å². The minimum atomic E-state index is -1.01. The maximum Gasteiger partial charge on any atom is 0.404 e. The molecule has 100 valence electrons. The third-order valence-corrected chi connectivity index (χ3v) is 3.02. The van der Waals surface area contributed by atoms with Gasteiger partial charge in [0.05, 0.1) is 7.11 Å². The molecule has 0 saturated heterocycles. The molecule has 2 N–H and O–H groups in total. The summed E-state index contributed by atoms with van der Waals surface area (Å²) in [7, 11) is 1.64. The van der Waals surface area contributed by atoms with Crippen LogP contribution in [0.2, 0.25) is 0 Å². The van der Waals surface area contributed by atoms with Crippen molar-refractivity contribution in [3.05, 3.63) is 28.8 Å². The summed E-state index contributed by atoms with van der Waals surface area (Å²) in [6.45, 7) is 8.39. The number of carbonyl (C=O) groups is 1. The molecule has 0 bridgehead atoms. The van der Waals surface area contributed by atoms with Gasteiger partial charge in [0.25, 0.3) is 0 Å². The number of methoxy groups -OCH3 is 1. The van der Waals surface area contributed by atoms with Gasteiger partial charge in [-0.1, -0.05) is 19.9 Å². The molecular weight excluding hydrogens is 230 g/mol. The van der Waals surface area contributed by atoms with Crippen molar-refractivity contribution >= 4 is 6.09 Å². The lowest BCUT2D eigenvalue weighted by molar-refractivity contribution is 0.191. The molecule has 0 heterocycles. The van der Waals surface area contributed by atoms with Crippen molar-refractivity contribution in [2.24, 2.45) is 0 Å². The summed E-state index contributed by atoms with van der Waals surface area (Å²) < 4.78 is 5.42. The Morgan fingerprint density at radius 2 is 2.00 bits per heavy atom. The van der Waals surface area contributed by atoms with Crippen molar-refractivity contribution in [1.82, 2.24) is 5.32 Å². The molecule has 18 heavy (non-hydrogen) atoms. The molecule has 0 radical (unpaired) electrons. The van der Waals surface area contributed by atoms with Gasteiger partial charge in [-0.05, 0) is 31.0 Å². The van der Waals surface area contributed by atoms with Crippen molar-refractivity contribution < 1.29 is 14.6 Å². The molecule has 1 aromatic rings. The van der Waals surface area contributed by atoms with E-state index in [1.807, 2.05) is 33.8 Å². The number of amides is 1. The minimum Gasteiger partial charge on any atom is -0.496 e. The lowest BCUT2D eigenvalue weighted by Gasteiger charge is -2.29. The van der Waals surface area contributed by atoms with Crippen LogP contribution < -0.4 is 10.1 Å². The summed E-state index contributed by atoms with van der Waals surface area (Å²) in [6.07, 6.45) is -1.01. The van der Waals surface area contributed by atoms with Gasteiger partial charge in [0.2, 0.25) is 0 Å². The lowest BCUT2D eigenvalue weighted by Crippen LogP contribution is -2.36. The number of nitrogens with one attached hydrogen (secondary N) is 1. The Kier molecular flexibility index (Phi) is 4.22. The van der Waals surface area contributed by atoms with E-state index in [0.717, 1.165) is 22.4 Å². The molecule has 0 aromatic heterocycles. The third-order valence-electron chi connectivity index (χ3n) is 3.02. The van der Waals surface area contributed by atoms with E-state index in [2.05, 4.69) is 11.4 Å². The summed E-state index contributed by atoms with van der Waals surface area (Å²) in [5.41, 5.74) is 2.98. The van der Waals surface area contributed by atoms with Crippen LogP contribution in [0.3, 0.4) is 0 Å². The van der Waals surface area contributed by atoms with E-state index in [1.165, 1.54) is 0 Å². The highest BCUT2D eigenvalue weighted by atomic mass is 16.5. The zero-order chi connectivity index (χ0) is 13.9. The molecule has 0 atom stereocenters. The first-order valence-electron chi connectivity index (χ1n) is 5.90. The zero-order valence-corrected chi connectivity index (χ0v) is 11.6. The number of carboxylic acid groups (broad SMARTS) is 1. The number of benzene rings is 1. The maximum absolute atomic E-state index is 10.6. The molecule has 0 saturated carbocycles. The van der Waals surface area contributed by atoms with Crippen LogP contribution in [0.4, 0.5) is 4.79 Å². The predicted octanol–water partition coefficient (Wildman–Crippen LogP) is 2.86. The van der Waals surface area contributed by atoms with Crippen LogP contribution in [0.15, 0.2) is 12.1 Å². The van der Waals surface area contributed by atoms with Crippen LogP contribution >= 0.6 is 0 Å². The molecule has 1 aromatic carbocycles. The average Bonchev–Trinajstić information content (AvgIpc) is 2.24. The van der Waals surface area contributed by atoms with Crippen LogP contribution in [0.1, 0.15) is 30.5 Å². The second-order valence-corrected chi connectivity index (χ2v) is 5.20. The van der Waals surface area contributed by atoms with E-state index in [9.17, 15) is 4.79 Å². The Bertz CT molecular complexity index is 453. The van der Waals surface area contributed by atoms with Gasteiger partial charge in [0, 0.05) is 17.5 Å². The molecule has 1 amide bonds. The van der Waals surface area contributed by atoms with Gasteiger partial charge in [0.1, 0.15) is 5.75 Å². The summed E-state index contributed by atoms with van der Waals surface area (Å²) in [4.78, 5) is 10.6. The number of aryl methyl sites for hydroxylation is 2. The predicted molar refractivity (Wildman–Crippen MR) is 71.5 cm³/mol. The van der Waals surface area contributed by atoms with E-state index < -0.39 is 6.09 Å². The van der Waals surface area contributed by atoms with Crippen molar-refractivity contribution in [2.45, 2.75) is 33.1 Å². The van der Waals surface area contributed by atoms with Crippen LogP contribution in [0, 0.1) is 13.8 Å². The first kappa shape index (κ1) is 14.4. The SMILES string of the molecule is COc1cc(C)cc(C)c1C(C)(C)CNC(=O)O. The minimum absolute atomic E-state index is 0.318. The molecule has 4 heteroatoms. The maximum atomic E-state index is 10.6. The number of rotatable bonds is 4. The average molecular weight is 251 g/mol. The fourth-order valence-corrected chi connectivity index (χ4v) is 2.34. The molecule has 0 unspecified atom stereocenters. The van der Waals surface area contributed by atoms with Crippen molar-refractivity contribution in [3.8, 4) is 5.75 Å². The Hall–Kier alpha value is -1.71. The van der Waals surface area contributed by atoms with Gasteiger partial charge in [-0.2, -0.15) is 0 Å². The quantitative estimate of drug-likeness (QED) is 0.865. The van der Waals surface area contributed by atoms with E-state index in [-0.39, 0.29) is 5.41 Å². The van der Waals surface area contributed by atoms with Crippen molar-refractivity contribution in [3.63, 3.8) is 0 Å². The molecule has 0 aliphatic carbocycles. The fraction of sp³-hybridized carbons (Fsp3) is 0.500. The molecule has 0 spiro atoms. The topological polar surface area (TPSA) is 58.6 Å². The third kappa shape index (κ3) is 3.15. The molecule has 1 rings (SSSR count). The second kappa shape index (κ2) is 5.29. The highest BCUT2D eigenvalue weighted by Gasteiger charge is 2.27. The van der Waals surface area contributed by atoms with E-state index in [1.54, 1.807) is 7.11 Å². The van der Waals surface area contributed by atoms with E-state index >= 15 is 0 Å².